The van der Waals surface area contributed by atoms with Crippen LogP contribution in [0.25, 0.3) is 11.1 Å². The predicted molar refractivity (Wildman–Crippen MR) is 173 cm³/mol. The van der Waals surface area contributed by atoms with Crippen molar-refractivity contribution in [1.29, 1.82) is 0 Å². The highest BCUT2D eigenvalue weighted by Gasteiger charge is 2.32. The maximum atomic E-state index is 13.9. The zero-order valence-electron chi connectivity index (χ0n) is 26.4. The Morgan fingerprint density at radius 2 is 1.76 bits per heavy atom. The second-order valence-corrected chi connectivity index (χ2v) is 13.4. The minimum atomic E-state index is -4.10. The number of hydrogen-bond donors (Lipinski definition) is 3. The Hall–Kier alpha value is -4.53. The number of nitrogens with one attached hydrogen (secondary N) is 2. The van der Waals surface area contributed by atoms with E-state index in [1.807, 2.05) is 44.2 Å². The van der Waals surface area contributed by atoms with Crippen molar-refractivity contribution in [2.75, 3.05) is 32.1 Å². The van der Waals surface area contributed by atoms with Crippen molar-refractivity contribution in [2.45, 2.75) is 51.2 Å². The first kappa shape index (κ1) is 34.3. The van der Waals surface area contributed by atoms with Crippen molar-refractivity contribution in [3.63, 3.8) is 0 Å². The van der Waals surface area contributed by atoms with E-state index >= 15 is 0 Å². The van der Waals surface area contributed by atoms with Gasteiger partial charge in [-0.05, 0) is 55.0 Å². The fourth-order valence-electron chi connectivity index (χ4n) is 5.13. The van der Waals surface area contributed by atoms with Crippen LogP contribution in [0, 0.1) is 29.9 Å². The number of aromatic nitrogens is 1. The lowest BCUT2D eigenvalue weighted by molar-refractivity contribution is -0.385. The van der Waals surface area contributed by atoms with E-state index in [0.717, 1.165) is 5.56 Å². The number of hydrogen-bond acceptors (Lipinski definition) is 10. The van der Waals surface area contributed by atoms with Gasteiger partial charge in [-0.25, -0.2) is 8.42 Å². The molecule has 0 aliphatic carbocycles. The number of aliphatic hydroxyl groups excluding tert-OH is 1. The summed E-state index contributed by atoms with van der Waals surface area (Å²) in [5.74, 6) is -0.275. The average Bonchev–Trinajstić information content (AvgIpc) is 3.43. The molecule has 14 heteroatoms. The summed E-state index contributed by atoms with van der Waals surface area (Å²) in [7, 11) is -2.46. The van der Waals surface area contributed by atoms with E-state index in [1.165, 1.54) is 28.6 Å². The lowest BCUT2D eigenvalue weighted by atomic mass is 10.0. The lowest BCUT2D eigenvalue weighted by Crippen LogP contribution is -2.52. The number of aliphatic hydroxyl groups is 1. The van der Waals surface area contributed by atoms with Crippen LogP contribution in [0.3, 0.4) is 0 Å². The third-order valence-electron chi connectivity index (χ3n) is 7.28. The molecule has 0 radical (unpaired) electrons. The highest BCUT2D eigenvalue weighted by atomic mass is 32.2. The van der Waals surface area contributed by atoms with E-state index in [4.69, 9.17) is 9.15 Å². The average molecular weight is 654 g/mol. The van der Waals surface area contributed by atoms with E-state index in [2.05, 4.69) is 15.6 Å². The Morgan fingerprint density at radius 3 is 2.37 bits per heavy atom. The Balaban J connectivity index is 1.55. The van der Waals surface area contributed by atoms with Crippen molar-refractivity contribution in [2.24, 2.45) is 5.92 Å². The molecule has 0 unspecified atom stereocenters. The number of benzene rings is 3. The second kappa shape index (κ2) is 14.7. The molecule has 0 aliphatic rings. The molecule has 0 spiro atoms. The summed E-state index contributed by atoms with van der Waals surface area (Å²) in [6.07, 6.45) is -1.08. The van der Waals surface area contributed by atoms with Gasteiger partial charge in [-0.1, -0.05) is 44.2 Å². The molecular weight excluding hydrogens is 614 g/mol. The number of amides is 1. The number of oxazole rings is 1. The number of non-ortho nitro benzene ring substituents is 1. The molecule has 1 heterocycles. The van der Waals surface area contributed by atoms with Gasteiger partial charge in [0.15, 0.2) is 12.2 Å². The van der Waals surface area contributed by atoms with Crippen LogP contribution in [0.2, 0.25) is 0 Å². The normalized spacial score (nSPS) is 13.1. The quantitative estimate of drug-likeness (QED) is 0.124. The standard InChI is InChI=1S/C32H39N5O8S/c1-20(2)17-36(46(42,43)25-11-12-26-29(16-25)45-32(33-5)35-26)18-28(38)27(15-23-9-7-6-8-10-23)34-30(39)19-44-31-21(3)13-24(37(40)41)14-22(31)4/h6-14,16,20,27-28,38H,15,17-19H2,1-5H3,(H,33,35)(H,34,39)/t27-,28+/m0/s1. The Morgan fingerprint density at radius 1 is 1.09 bits per heavy atom. The zero-order chi connectivity index (χ0) is 33.6. The van der Waals surface area contributed by atoms with Crippen molar-refractivity contribution >= 4 is 38.7 Å². The third-order valence-corrected chi connectivity index (χ3v) is 9.11. The van der Waals surface area contributed by atoms with Gasteiger partial charge in [0, 0.05) is 38.3 Å². The summed E-state index contributed by atoms with van der Waals surface area (Å²) >= 11 is 0. The van der Waals surface area contributed by atoms with Gasteiger partial charge in [0.1, 0.15) is 11.3 Å². The minimum absolute atomic E-state index is 0.0162. The molecule has 46 heavy (non-hydrogen) atoms. The number of aryl methyl sites for hydroxylation is 2. The summed E-state index contributed by atoms with van der Waals surface area (Å²) in [6.45, 7) is 6.45. The molecule has 0 saturated carbocycles. The van der Waals surface area contributed by atoms with E-state index in [1.54, 1.807) is 27.0 Å². The van der Waals surface area contributed by atoms with Crippen LogP contribution in [0.5, 0.6) is 5.75 Å². The zero-order valence-corrected chi connectivity index (χ0v) is 27.2. The number of ether oxygens (including phenoxy) is 1. The minimum Gasteiger partial charge on any atom is -0.483 e. The maximum absolute atomic E-state index is 13.9. The van der Waals surface area contributed by atoms with Crippen LogP contribution < -0.4 is 15.4 Å². The molecule has 3 N–H and O–H groups in total. The van der Waals surface area contributed by atoms with Gasteiger partial charge in [0.05, 0.1) is 22.0 Å². The summed E-state index contributed by atoms with van der Waals surface area (Å²) < 4.78 is 40.3. The number of nitro groups is 1. The number of anilines is 1. The Labute approximate surface area is 267 Å². The monoisotopic (exact) mass is 653 g/mol. The van der Waals surface area contributed by atoms with E-state index in [-0.39, 0.29) is 42.0 Å². The molecule has 0 fully saturated rings. The molecule has 0 bridgehead atoms. The van der Waals surface area contributed by atoms with Crippen molar-refractivity contribution in [1.82, 2.24) is 14.6 Å². The molecule has 0 saturated heterocycles. The van der Waals surface area contributed by atoms with Crippen LogP contribution in [-0.2, 0) is 21.2 Å². The molecule has 246 valence electrons. The van der Waals surface area contributed by atoms with E-state index in [0.29, 0.717) is 28.0 Å². The number of rotatable bonds is 15. The molecule has 3 aromatic carbocycles. The summed E-state index contributed by atoms with van der Waals surface area (Å²) in [5.41, 5.74) is 2.53. The number of fused-ring (bicyclic) bond motifs is 1. The smallest absolute Gasteiger partial charge is 0.295 e. The van der Waals surface area contributed by atoms with Crippen LogP contribution in [-0.4, -0.2) is 72.5 Å². The molecule has 4 aromatic rings. The number of carbonyl (C=O) groups is 1. The highest BCUT2D eigenvalue weighted by Crippen LogP contribution is 2.28. The number of nitro benzene ring substituents is 1. The number of sulfonamides is 1. The van der Waals surface area contributed by atoms with Crippen molar-refractivity contribution in [3.8, 4) is 5.75 Å². The van der Waals surface area contributed by atoms with Gasteiger partial charge in [-0.3, -0.25) is 14.9 Å². The molecular formula is C32H39N5O8S. The molecule has 4 rings (SSSR count). The second-order valence-electron chi connectivity index (χ2n) is 11.5. The van der Waals surface area contributed by atoms with Crippen LogP contribution in [0.15, 0.2) is 70.0 Å². The van der Waals surface area contributed by atoms with Gasteiger partial charge in [0.25, 0.3) is 17.6 Å². The maximum Gasteiger partial charge on any atom is 0.295 e. The summed E-state index contributed by atoms with van der Waals surface area (Å²) in [4.78, 5) is 28.1. The van der Waals surface area contributed by atoms with Crippen molar-refractivity contribution < 1.29 is 32.4 Å². The molecule has 2 atom stereocenters. The molecule has 1 amide bonds. The van der Waals surface area contributed by atoms with Crippen LogP contribution in [0.1, 0.15) is 30.5 Å². The fraction of sp³-hybridized carbons (Fsp3) is 0.375. The van der Waals surface area contributed by atoms with Crippen LogP contribution in [0.4, 0.5) is 11.7 Å². The first-order valence-corrected chi connectivity index (χ1v) is 16.2. The molecule has 13 nitrogen and oxygen atoms in total. The summed E-state index contributed by atoms with van der Waals surface area (Å²) in [5, 5.41) is 28.3. The van der Waals surface area contributed by atoms with Crippen LogP contribution >= 0.6 is 0 Å². The first-order valence-electron chi connectivity index (χ1n) is 14.8. The molecule has 1 aromatic heterocycles. The summed E-state index contributed by atoms with van der Waals surface area (Å²) in [6, 6.07) is 15.7. The first-order chi connectivity index (χ1) is 21.8. The van der Waals surface area contributed by atoms with E-state index < -0.39 is 39.6 Å². The topological polar surface area (TPSA) is 177 Å². The Bertz CT molecular complexity index is 1770. The lowest BCUT2D eigenvalue weighted by Gasteiger charge is -2.30. The number of carbonyl (C=O) groups excluding carboxylic acids is 1. The highest BCUT2D eigenvalue weighted by molar-refractivity contribution is 7.89. The molecule has 0 aliphatic heterocycles. The Kier molecular flexibility index (Phi) is 11.0. The van der Waals surface area contributed by atoms with Gasteiger partial charge >= 0.3 is 0 Å². The largest absolute Gasteiger partial charge is 0.483 e. The third kappa shape index (κ3) is 8.38. The van der Waals surface area contributed by atoms with Gasteiger partial charge in [-0.15, -0.1) is 0 Å². The van der Waals surface area contributed by atoms with Gasteiger partial charge in [-0.2, -0.15) is 9.29 Å². The SMILES string of the molecule is CNc1nc2ccc(S(=O)(=O)N(CC(C)C)C[C@@H](O)[C@H](Cc3ccccc3)NC(=O)COc3c(C)cc([N+](=O)[O-])cc3C)cc2o1. The van der Waals surface area contributed by atoms with E-state index in [9.17, 15) is 28.4 Å². The predicted octanol–water partition coefficient (Wildman–Crippen LogP) is 4.21. The number of nitrogens with zero attached hydrogens (tertiary/aromatic N) is 3. The van der Waals surface area contributed by atoms with Gasteiger partial charge < -0.3 is 24.9 Å². The van der Waals surface area contributed by atoms with Crippen molar-refractivity contribution in [3.05, 3.63) is 87.5 Å². The fourth-order valence-corrected chi connectivity index (χ4v) is 6.77. The van der Waals surface area contributed by atoms with Gasteiger partial charge in [0.2, 0.25) is 10.0 Å².